The lowest BCUT2D eigenvalue weighted by Gasteiger charge is -2.33. The van der Waals surface area contributed by atoms with Crippen molar-refractivity contribution in [2.45, 2.75) is 20.8 Å². The van der Waals surface area contributed by atoms with Gasteiger partial charge >= 0.3 is 5.97 Å². The van der Waals surface area contributed by atoms with Gasteiger partial charge in [-0.15, -0.1) is 0 Å². The molecule has 0 saturated carbocycles. The van der Waals surface area contributed by atoms with E-state index in [0.29, 0.717) is 12.2 Å². The Morgan fingerprint density at radius 1 is 1.22 bits per heavy atom. The largest absolute Gasteiger partial charge is 1.00 e. The summed E-state index contributed by atoms with van der Waals surface area (Å²) < 4.78 is 11.9. The van der Waals surface area contributed by atoms with Crippen molar-refractivity contribution in [1.82, 2.24) is 0 Å². The van der Waals surface area contributed by atoms with Crippen LogP contribution in [0, 0.1) is 12.3 Å². The summed E-state index contributed by atoms with van der Waals surface area (Å²) in [4.78, 5) is 12.2. The number of fused-ring (bicyclic) bond motifs is 1. The van der Waals surface area contributed by atoms with Gasteiger partial charge in [0.2, 0.25) is 5.76 Å². The Morgan fingerprint density at radius 2 is 1.87 bits per heavy atom. The Morgan fingerprint density at radius 3 is 2.48 bits per heavy atom. The Balaban J connectivity index is 0.00000264. The van der Waals surface area contributed by atoms with Crippen molar-refractivity contribution in [1.29, 1.82) is 0 Å². The average molecular weight is 431 g/mol. The molecule has 0 unspecified atom stereocenters. The predicted molar refractivity (Wildman–Crippen MR) is 87.9 cm³/mol. The average Bonchev–Trinajstić information content (AvgIpc) is 2.76. The minimum absolute atomic E-state index is 0. The zero-order valence-corrected chi connectivity index (χ0v) is 16.9. The molecular formula is C18H26INO3. The van der Waals surface area contributed by atoms with Crippen LogP contribution in [0.4, 0.5) is 0 Å². The van der Waals surface area contributed by atoms with Gasteiger partial charge < -0.3 is 37.6 Å². The molecule has 0 amide bonds. The van der Waals surface area contributed by atoms with Crippen molar-refractivity contribution in [3.63, 3.8) is 0 Å². The third-order valence-electron chi connectivity index (χ3n) is 3.37. The number of carbonyl (C=O) groups excluding carboxylic acids is 1. The van der Waals surface area contributed by atoms with Crippen LogP contribution in [0.1, 0.15) is 30.0 Å². The quantitative estimate of drug-likeness (QED) is 0.396. The van der Waals surface area contributed by atoms with Gasteiger partial charge in [-0.2, -0.15) is 0 Å². The van der Waals surface area contributed by atoms with Crippen LogP contribution in [-0.4, -0.2) is 44.7 Å². The van der Waals surface area contributed by atoms with E-state index in [1.54, 1.807) is 6.07 Å². The summed E-state index contributed by atoms with van der Waals surface area (Å²) in [5, 5.41) is 0.928. The highest BCUT2D eigenvalue weighted by atomic mass is 127. The standard InChI is InChI=1S/C18H26NO3.HI/c1-13-7-8-15-14(9-13)10-16(22-15)17(20)21-12-18(2,3)11-19(4,5)6;/h7-10H,11-12H2,1-6H3;1H/q+1;/p-1. The molecule has 128 valence electrons. The van der Waals surface area contributed by atoms with E-state index in [1.807, 2.05) is 25.1 Å². The van der Waals surface area contributed by atoms with E-state index in [9.17, 15) is 4.79 Å². The summed E-state index contributed by atoms with van der Waals surface area (Å²) in [6.45, 7) is 7.51. The van der Waals surface area contributed by atoms with Gasteiger partial charge in [-0.25, -0.2) is 4.79 Å². The van der Waals surface area contributed by atoms with E-state index in [4.69, 9.17) is 9.15 Å². The number of aryl methyl sites for hydroxylation is 1. The fourth-order valence-corrected chi connectivity index (χ4v) is 2.93. The Kier molecular flexibility index (Phi) is 6.26. The number of ether oxygens (including phenoxy) is 1. The first-order valence-electron chi connectivity index (χ1n) is 7.54. The second-order valence-corrected chi connectivity index (χ2v) is 7.84. The molecule has 23 heavy (non-hydrogen) atoms. The predicted octanol–water partition coefficient (Wildman–Crippen LogP) is 0.634. The molecule has 0 aliphatic rings. The first-order valence-corrected chi connectivity index (χ1v) is 7.54. The Labute approximate surface area is 155 Å². The normalized spacial score (nSPS) is 12.1. The number of esters is 1. The molecule has 0 atom stereocenters. The molecule has 0 N–H and O–H groups in total. The molecule has 0 fully saturated rings. The minimum Gasteiger partial charge on any atom is -1.00 e. The van der Waals surface area contributed by atoms with Crippen LogP contribution in [-0.2, 0) is 4.74 Å². The number of rotatable bonds is 5. The van der Waals surface area contributed by atoms with Gasteiger partial charge in [0, 0.05) is 10.8 Å². The van der Waals surface area contributed by atoms with Gasteiger partial charge in [0.05, 0.1) is 27.7 Å². The van der Waals surface area contributed by atoms with E-state index >= 15 is 0 Å². The lowest BCUT2D eigenvalue weighted by molar-refractivity contribution is -0.877. The summed E-state index contributed by atoms with van der Waals surface area (Å²) in [7, 11) is 6.39. The van der Waals surface area contributed by atoms with Gasteiger partial charge in [0.1, 0.15) is 12.2 Å². The van der Waals surface area contributed by atoms with Crippen LogP contribution in [0.25, 0.3) is 11.0 Å². The maximum absolute atomic E-state index is 12.2. The van der Waals surface area contributed by atoms with Crippen molar-refractivity contribution in [2.75, 3.05) is 34.3 Å². The summed E-state index contributed by atoms with van der Waals surface area (Å²) in [5.74, 6) is -0.134. The van der Waals surface area contributed by atoms with E-state index < -0.39 is 5.97 Å². The van der Waals surface area contributed by atoms with Crippen molar-refractivity contribution >= 4 is 16.9 Å². The number of halogens is 1. The van der Waals surface area contributed by atoms with E-state index in [-0.39, 0.29) is 35.2 Å². The topological polar surface area (TPSA) is 39.4 Å². The number of hydrogen-bond acceptors (Lipinski definition) is 3. The van der Waals surface area contributed by atoms with Crippen LogP contribution < -0.4 is 24.0 Å². The van der Waals surface area contributed by atoms with Crippen LogP contribution in [0.15, 0.2) is 28.7 Å². The second kappa shape index (κ2) is 7.21. The lowest BCUT2D eigenvalue weighted by atomic mass is 9.93. The number of hydrogen-bond donors (Lipinski definition) is 0. The molecule has 1 heterocycles. The molecule has 2 aromatic rings. The minimum atomic E-state index is -0.400. The smallest absolute Gasteiger partial charge is 0.374 e. The molecular weight excluding hydrogens is 405 g/mol. The third kappa shape index (κ3) is 5.80. The highest BCUT2D eigenvalue weighted by Crippen LogP contribution is 2.23. The van der Waals surface area contributed by atoms with Gasteiger partial charge in [-0.1, -0.05) is 25.5 Å². The van der Waals surface area contributed by atoms with Gasteiger partial charge in [-0.05, 0) is 25.1 Å². The molecule has 0 radical (unpaired) electrons. The fourth-order valence-electron chi connectivity index (χ4n) is 2.93. The second-order valence-electron chi connectivity index (χ2n) is 7.84. The van der Waals surface area contributed by atoms with Crippen molar-refractivity contribution < 1.29 is 42.4 Å². The molecule has 0 spiro atoms. The summed E-state index contributed by atoms with van der Waals surface area (Å²) in [6.07, 6.45) is 0. The molecule has 1 aromatic heterocycles. The SMILES string of the molecule is Cc1ccc2oc(C(=O)OCC(C)(C)C[N+](C)(C)C)cc2c1.[I-]. The molecule has 2 rings (SSSR count). The number of quaternary nitrogens is 1. The monoisotopic (exact) mass is 431 g/mol. The maximum Gasteiger partial charge on any atom is 0.374 e. The van der Waals surface area contributed by atoms with Crippen molar-refractivity contribution in [3.8, 4) is 0 Å². The molecule has 0 saturated heterocycles. The summed E-state index contributed by atoms with van der Waals surface area (Å²) in [5.41, 5.74) is 1.76. The molecule has 0 aliphatic heterocycles. The van der Waals surface area contributed by atoms with Gasteiger partial charge in [0.25, 0.3) is 0 Å². The van der Waals surface area contributed by atoms with E-state index in [2.05, 4.69) is 35.0 Å². The highest BCUT2D eigenvalue weighted by Gasteiger charge is 2.28. The summed E-state index contributed by atoms with van der Waals surface area (Å²) >= 11 is 0. The third-order valence-corrected chi connectivity index (χ3v) is 3.37. The first kappa shape index (κ1) is 20.0. The number of benzene rings is 1. The number of nitrogens with zero attached hydrogens (tertiary/aromatic N) is 1. The van der Waals surface area contributed by atoms with Crippen molar-refractivity contribution in [3.05, 3.63) is 35.6 Å². The van der Waals surface area contributed by atoms with Crippen LogP contribution >= 0.6 is 0 Å². The van der Waals surface area contributed by atoms with Crippen LogP contribution in [0.5, 0.6) is 0 Å². The molecule has 1 aromatic carbocycles. The zero-order chi connectivity index (χ0) is 16.5. The zero-order valence-electron chi connectivity index (χ0n) is 14.8. The molecule has 0 bridgehead atoms. The van der Waals surface area contributed by atoms with E-state index in [0.717, 1.165) is 22.0 Å². The molecule has 0 aliphatic carbocycles. The first-order chi connectivity index (χ1) is 10.1. The highest BCUT2D eigenvalue weighted by molar-refractivity contribution is 5.92. The van der Waals surface area contributed by atoms with Crippen molar-refractivity contribution in [2.24, 2.45) is 5.41 Å². The van der Waals surface area contributed by atoms with Gasteiger partial charge in [0.15, 0.2) is 0 Å². The Hall–Kier alpha value is -1.08. The Bertz CT molecular complexity index is 683. The number of carbonyl (C=O) groups is 1. The van der Waals surface area contributed by atoms with Crippen LogP contribution in [0.3, 0.4) is 0 Å². The van der Waals surface area contributed by atoms with Crippen LogP contribution in [0.2, 0.25) is 0 Å². The summed E-state index contributed by atoms with van der Waals surface area (Å²) in [6, 6.07) is 7.59. The molecule has 5 heteroatoms. The maximum atomic E-state index is 12.2. The number of furan rings is 1. The lowest BCUT2D eigenvalue weighted by Crippen LogP contribution is -3.00. The molecule has 4 nitrogen and oxygen atoms in total. The van der Waals surface area contributed by atoms with Gasteiger partial charge in [-0.3, -0.25) is 0 Å². The van der Waals surface area contributed by atoms with E-state index in [1.165, 1.54) is 0 Å². The fraction of sp³-hybridized carbons (Fsp3) is 0.500.